The van der Waals surface area contributed by atoms with Crippen molar-refractivity contribution < 1.29 is 70.1 Å². The summed E-state index contributed by atoms with van der Waals surface area (Å²) in [6.07, 6.45) is 2.17. The molecule has 0 heterocycles. The van der Waals surface area contributed by atoms with E-state index in [4.69, 9.17) is 29.7 Å². The summed E-state index contributed by atoms with van der Waals surface area (Å²) in [4.78, 5) is 27.4. The van der Waals surface area contributed by atoms with E-state index in [0.717, 1.165) is 18.2 Å². The van der Waals surface area contributed by atoms with Gasteiger partial charge in [0.15, 0.2) is 0 Å². The van der Waals surface area contributed by atoms with E-state index in [2.05, 4.69) is 19.7 Å². The second-order valence-corrected chi connectivity index (χ2v) is 2.72. The fraction of sp³-hybridized carbons (Fsp3) is 0. The number of rotatable bonds is 3. The number of hydrogen-bond acceptors (Lipinski definition) is 6. The average molecular weight is 442 g/mol. The molecule has 1 rings (SSSR count). The standard InChI is InChI=1S/C6H6.3C3H4O2.Sm/c1-2-4-6-5-3-1;3*1-2-3(4)5;/h1-6H;3*2H,1H2,(H,4,5);/q;;;;+3/p-3. The zero-order valence-electron chi connectivity index (χ0n) is 11.7. The van der Waals surface area contributed by atoms with Crippen LogP contribution in [0.4, 0.5) is 0 Å². The summed E-state index contributed by atoms with van der Waals surface area (Å²) in [6.45, 7) is 8.69. The van der Waals surface area contributed by atoms with E-state index in [1.54, 1.807) is 0 Å². The molecule has 6 nitrogen and oxygen atoms in total. The molecule has 0 bridgehead atoms. The van der Waals surface area contributed by atoms with Gasteiger partial charge in [-0.05, 0) is 18.2 Å². The fourth-order valence-corrected chi connectivity index (χ4v) is 0.385. The SMILES string of the molecule is C=CC(=O)[O-].C=CC(=O)[O-].C=CC(=O)[O-].[Sm+3].c1ccccc1. The molecule has 0 aromatic heterocycles. The van der Waals surface area contributed by atoms with E-state index in [1.807, 2.05) is 36.4 Å². The Hall–Kier alpha value is -1.81. The van der Waals surface area contributed by atoms with E-state index in [9.17, 15) is 0 Å². The normalized spacial score (nSPS) is 6.55. The molecule has 0 spiro atoms. The third-order valence-electron chi connectivity index (χ3n) is 1.17. The van der Waals surface area contributed by atoms with E-state index < -0.39 is 17.9 Å². The van der Waals surface area contributed by atoms with Gasteiger partial charge in [0.2, 0.25) is 0 Å². The summed E-state index contributed by atoms with van der Waals surface area (Å²) in [5.41, 5.74) is 0. The molecule has 7 heteroatoms. The average Bonchev–Trinajstić information content (AvgIpc) is 2.50. The van der Waals surface area contributed by atoms with E-state index in [-0.39, 0.29) is 40.4 Å². The zero-order chi connectivity index (χ0) is 17.1. The maximum Gasteiger partial charge on any atom is 3.00 e. The van der Waals surface area contributed by atoms with Gasteiger partial charge in [0.25, 0.3) is 0 Å². The van der Waals surface area contributed by atoms with Crippen LogP contribution in [0.3, 0.4) is 0 Å². The van der Waals surface area contributed by atoms with Crippen LogP contribution in [0.15, 0.2) is 74.4 Å². The van der Waals surface area contributed by atoms with Gasteiger partial charge >= 0.3 is 40.4 Å². The molecule has 0 aliphatic heterocycles. The Bertz CT molecular complexity index is 373. The first-order valence-electron chi connectivity index (χ1n) is 5.32. The van der Waals surface area contributed by atoms with Crippen molar-refractivity contribution in [3.8, 4) is 0 Å². The Morgan fingerprint density at radius 1 is 0.591 bits per heavy atom. The number of benzene rings is 1. The molecule has 117 valence electrons. The summed E-state index contributed by atoms with van der Waals surface area (Å²) in [5, 5.41) is 27.4. The number of carbonyl (C=O) groups excluding carboxylic acids is 3. The van der Waals surface area contributed by atoms with Crippen LogP contribution in [-0.4, -0.2) is 17.9 Å². The van der Waals surface area contributed by atoms with Gasteiger partial charge in [-0.2, -0.15) is 0 Å². The fourth-order valence-electron chi connectivity index (χ4n) is 0.385. The summed E-state index contributed by atoms with van der Waals surface area (Å²) in [5.74, 6) is -3.69. The van der Waals surface area contributed by atoms with Crippen LogP contribution in [-0.2, 0) is 14.4 Å². The molecule has 1 aromatic carbocycles. The molecule has 0 aliphatic rings. The number of carboxylic acid groups (broad SMARTS) is 3. The molecule has 0 amide bonds. The van der Waals surface area contributed by atoms with Gasteiger partial charge in [-0.1, -0.05) is 56.1 Å². The van der Waals surface area contributed by atoms with Crippen molar-refractivity contribution in [2.45, 2.75) is 0 Å². The van der Waals surface area contributed by atoms with Gasteiger partial charge in [-0.25, -0.2) is 0 Å². The minimum atomic E-state index is -1.23. The van der Waals surface area contributed by atoms with Crippen molar-refractivity contribution in [1.82, 2.24) is 0 Å². The largest absolute Gasteiger partial charge is 3.00 e. The molecule has 0 unspecified atom stereocenters. The van der Waals surface area contributed by atoms with Crippen molar-refractivity contribution in [3.63, 3.8) is 0 Å². The molecular weight excluding hydrogens is 427 g/mol. The molecule has 0 aliphatic carbocycles. The smallest absolute Gasteiger partial charge is 0.545 e. The van der Waals surface area contributed by atoms with Crippen molar-refractivity contribution in [3.05, 3.63) is 74.4 Å². The van der Waals surface area contributed by atoms with E-state index >= 15 is 0 Å². The van der Waals surface area contributed by atoms with Crippen LogP contribution >= 0.6 is 0 Å². The Balaban J connectivity index is -0.0000000973. The molecule has 0 N–H and O–H groups in total. The molecule has 1 radical (unpaired) electrons. The van der Waals surface area contributed by atoms with Gasteiger partial charge in [-0.15, -0.1) is 0 Å². The topological polar surface area (TPSA) is 120 Å². The molecule has 0 fully saturated rings. The minimum Gasteiger partial charge on any atom is -0.545 e. The Morgan fingerprint density at radius 3 is 0.727 bits per heavy atom. The minimum absolute atomic E-state index is 0. The third-order valence-corrected chi connectivity index (χ3v) is 1.17. The predicted octanol–water partition coefficient (Wildman–Crippen LogP) is -1.55. The van der Waals surface area contributed by atoms with Crippen molar-refractivity contribution in [2.24, 2.45) is 0 Å². The van der Waals surface area contributed by atoms with Gasteiger partial charge in [-0.3, -0.25) is 0 Å². The van der Waals surface area contributed by atoms with Crippen LogP contribution in [0.5, 0.6) is 0 Å². The Labute approximate surface area is 161 Å². The van der Waals surface area contributed by atoms with Crippen LogP contribution < -0.4 is 15.3 Å². The van der Waals surface area contributed by atoms with Crippen LogP contribution in [0.1, 0.15) is 0 Å². The van der Waals surface area contributed by atoms with E-state index in [1.165, 1.54) is 0 Å². The van der Waals surface area contributed by atoms with Crippen LogP contribution in [0.2, 0.25) is 0 Å². The number of carboxylic acids is 3. The zero-order valence-corrected chi connectivity index (χ0v) is 14.3. The van der Waals surface area contributed by atoms with Crippen molar-refractivity contribution >= 4 is 17.9 Å². The molecular formula is C15H15O6Sm. The monoisotopic (exact) mass is 443 g/mol. The molecule has 0 saturated carbocycles. The first-order chi connectivity index (χ1) is 9.81. The third kappa shape index (κ3) is 51.8. The Morgan fingerprint density at radius 2 is 0.682 bits per heavy atom. The van der Waals surface area contributed by atoms with Crippen LogP contribution in [0.25, 0.3) is 0 Å². The first kappa shape index (κ1) is 28.4. The molecule has 1 aromatic rings. The summed E-state index contributed by atoms with van der Waals surface area (Å²) in [6, 6.07) is 12.0. The molecule has 0 atom stereocenters. The molecule has 0 saturated heterocycles. The van der Waals surface area contributed by atoms with E-state index in [0.29, 0.717) is 0 Å². The second kappa shape index (κ2) is 24.2. The maximum absolute atomic E-state index is 9.14. The predicted molar refractivity (Wildman–Crippen MR) is 72.1 cm³/mol. The number of aliphatic carboxylic acids is 3. The number of hydrogen-bond donors (Lipinski definition) is 0. The summed E-state index contributed by atoms with van der Waals surface area (Å²) >= 11 is 0. The quantitative estimate of drug-likeness (QED) is 0.524. The Kier molecular flexibility index (Phi) is 31.2. The summed E-state index contributed by atoms with van der Waals surface area (Å²) < 4.78 is 0. The van der Waals surface area contributed by atoms with Gasteiger partial charge < -0.3 is 29.7 Å². The van der Waals surface area contributed by atoms with Gasteiger partial charge in [0, 0.05) is 0 Å². The van der Waals surface area contributed by atoms with Crippen molar-refractivity contribution in [2.75, 3.05) is 0 Å². The second-order valence-electron chi connectivity index (χ2n) is 2.72. The van der Waals surface area contributed by atoms with Gasteiger partial charge in [0.05, 0.1) is 17.9 Å². The first-order valence-corrected chi connectivity index (χ1v) is 5.32. The van der Waals surface area contributed by atoms with Crippen molar-refractivity contribution in [1.29, 1.82) is 0 Å². The molecule has 22 heavy (non-hydrogen) atoms. The van der Waals surface area contributed by atoms with Gasteiger partial charge in [0.1, 0.15) is 0 Å². The maximum atomic E-state index is 9.14. The number of carbonyl (C=O) groups is 3. The van der Waals surface area contributed by atoms with Crippen LogP contribution in [0, 0.1) is 40.4 Å². The summed E-state index contributed by atoms with van der Waals surface area (Å²) in [7, 11) is 0.